The summed E-state index contributed by atoms with van der Waals surface area (Å²) < 4.78 is 30.8. The Bertz CT molecular complexity index is 1670. The Hall–Kier alpha value is -2.55. The number of carbonyl (C=O) groups is 2. The molecule has 0 saturated carbocycles. The molecule has 0 aromatic rings. The summed E-state index contributed by atoms with van der Waals surface area (Å²) in [6.45, 7) is 7.01. The number of nitrogens with one attached hydrogen (secondary N) is 1. The molecule has 0 radical (unpaired) electrons. The van der Waals surface area contributed by atoms with Gasteiger partial charge in [0.05, 0.1) is 33.8 Å². The first-order chi connectivity index (χ1) is 40.9. The average molecular weight is 1200 g/mol. The van der Waals surface area contributed by atoms with E-state index in [9.17, 15) is 19.0 Å². The van der Waals surface area contributed by atoms with Crippen molar-refractivity contribution in [2.75, 3.05) is 40.9 Å². The number of hydrogen-bond acceptors (Lipinski definition) is 6. The smallest absolute Gasteiger partial charge is 0.456 e. The zero-order valence-electron chi connectivity index (χ0n) is 56.1. The molecule has 0 saturated heterocycles. The van der Waals surface area contributed by atoms with Crippen LogP contribution < -0.4 is 5.32 Å². The lowest BCUT2D eigenvalue weighted by atomic mass is 10.0. The Labute approximate surface area is 521 Å². The van der Waals surface area contributed by atoms with E-state index in [0.717, 1.165) is 89.9 Å². The monoisotopic (exact) mass is 1200 g/mol. The van der Waals surface area contributed by atoms with Crippen molar-refractivity contribution in [2.45, 2.75) is 348 Å². The lowest BCUT2D eigenvalue weighted by Gasteiger charge is -2.27. The van der Waals surface area contributed by atoms with E-state index < -0.39 is 20.0 Å². The van der Waals surface area contributed by atoms with Gasteiger partial charge in [0.1, 0.15) is 19.3 Å². The number of esters is 1. The van der Waals surface area contributed by atoms with E-state index in [2.05, 4.69) is 86.8 Å². The lowest BCUT2D eigenvalue weighted by molar-refractivity contribution is -0.870. The molecule has 0 fully saturated rings. The summed E-state index contributed by atoms with van der Waals surface area (Å²) in [7, 11) is 1.49. The minimum Gasteiger partial charge on any atom is -0.456 e. The molecular formula is C74H138N2O7P+. The predicted octanol–water partition coefficient (Wildman–Crippen LogP) is 22.7. The summed E-state index contributed by atoms with van der Waals surface area (Å²) in [6.07, 6.45) is 83.4. The molecule has 0 rings (SSSR count). The molecule has 0 spiro atoms. The number of rotatable bonds is 65. The largest absolute Gasteiger partial charge is 0.472 e. The van der Waals surface area contributed by atoms with E-state index in [1.807, 2.05) is 33.3 Å². The van der Waals surface area contributed by atoms with E-state index >= 15 is 0 Å². The number of ether oxygens (including phenoxy) is 1. The maximum atomic E-state index is 13.6. The van der Waals surface area contributed by atoms with E-state index in [1.165, 1.54) is 212 Å². The minimum absolute atomic E-state index is 0.0376. The van der Waals surface area contributed by atoms with Crippen molar-refractivity contribution in [1.29, 1.82) is 0 Å². The molecule has 9 nitrogen and oxygen atoms in total. The van der Waals surface area contributed by atoms with Crippen LogP contribution in [0.5, 0.6) is 0 Å². The minimum atomic E-state index is -4.46. The van der Waals surface area contributed by atoms with Gasteiger partial charge in [-0.2, -0.15) is 0 Å². The Balaban J connectivity index is 5.08. The lowest BCUT2D eigenvalue weighted by Crippen LogP contribution is -2.47. The van der Waals surface area contributed by atoms with Crippen molar-refractivity contribution in [3.63, 3.8) is 0 Å². The van der Waals surface area contributed by atoms with E-state index in [4.69, 9.17) is 13.8 Å². The maximum Gasteiger partial charge on any atom is 0.472 e. The van der Waals surface area contributed by atoms with Crippen LogP contribution in [-0.4, -0.2) is 74.3 Å². The molecule has 0 aromatic carbocycles. The zero-order valence-corrected chi connectivity index (χ0v) is 57.0. The van der Waals surface area contributed by atoms with Crippen molar-refractivity contribution < 1.29 is 37.3 Å². The summed E-state index contributed by atoms with van der Waals surface area (Å²) in [5.74, 6) is -0.503. The molecule has 0 heterocycles. The number of allylic oxidation sites excluding steroid dienone is 11. The molecule has 10 heteroatoms. The quantitative estimate of drug-likeness (QED) is 0.0205. The van der Waals surface area contributed by atoms with Crippen LogP contribution in [-0.2, 0) is 27.9 Å². The van der Waals surface area contributed by atoms with E-state index in [-0.39, 0.29) is 31.5 Å². The molecule has 0 aliphatic heterocycles. The van der Waals surface area contributed by atoms with Crippen LogP contribution in [0.2, 0.25) is 0 Å². The normalized spacial score (nSPS) is 13.9. The Kier molecular flexibility index (Phi) is 61.5. The summed E-state index contributed by atoms with van der Waals surface area (Å²) >= 11 is 0. The molecule has 0 aliphatic carbocycles. The highest BCUT2D eigenvalue weighted by Crippen LogP contribution is 2.43. The average Bonchev–Trinajstić information content (AvgIpc) is 3.64. The van der Waals surface area contributed by atoms with Crippen molar-refractivity contribution in [3.8, 4) is 0 Å². The molecule has 0 bridgehead atoms. The molecule has 1 amide bonds. The van der Waals surface area contributed by atoms with Gasteiger partial charge >= 0.3 is 13.8 Å². The number of likely N-dealkylation sites (N-methyl/N-ethyl adjacent to an activating group) is 1. The number of carbonyl (C=O) groups excluding carboxylic acids is 2. The number of amides is 1. The highest BCUT2D eigenvalue weighted by molar-refractivity contribution is 7.47. The predicted molar refractivity (Wildman–Crippen MR) is 365 cm³/mol. The van der Waals surface area contributed by atoms with Crippen LogP contribution in [0.4, 0.5) is 0 Å². The van der Waals surface area contributed by atoms with E-state index in [0.29, 0.717) is 17.4 Å². The Morgan fingerprint density at radius 3 is 1.12 bits per heavy atom. The molecule has 2 N–H and O–H groups in total. The molecule has 0 aliphatic rings. The van der Waals surface area contributed by atoms with E-state index in [1.54, 1.807) is 0 Å². The first-order valence-electron chi connectivity index (χ1n) is 35.8. The first kappa shape index (κ1) is 81.5. The Morgan fingerprint density at radius 1 is 0.417 bits per heavy atom. The molecule has 3 atom stereocenters. The van der Waals surface area contributed by atoms with Gasteiger partial charge in [0.15, 0.2) is 0 Å². The standard InChI is InChI=1S/C74H137N2O7P/c1-7-10-13-16-19-22-25-28-30-32-34-36-37-38-39-41-42-44-46-48-51-54-57-60-63-66-73(77)75-71(70-82-84(79,80)81-69-68-76(4,5)6)72(65-62-59-56-53-50-27-24-21-18-15-12-9-3)83-74(78)67-64-61-58-55-52-49-47-45-43-40-35-33-31-29-26-23-20-17-14-11-8-2/h19,22,28-31,34,36,38-39,62,65,71-72H,7-18,20-21,23-27,32-33,35,37,40-61,63-64,66-70H2,1-6H3,(H-,75,77,79,80)/p+1/b22-19-,30-28-,31-29+,36-34-,39-38-,65-62-. The van der Waals surface area contributed by atoms with Crippen LogP contribution in [0.1, 0.15) is 335 Å². The van der Waals surface area contributed by atoms with Crippen molar-refractivity contribution in [1.82, 2.24) is 5.32 Å². The molecule has 84 heavy (non-hydrogen) atoms. The number of quaternary nitrogens is 1. The first-order valence-corrected chi connectivity index (χ1v) is 37.3. The third-order valence-electron chi connectivity index (χ3n) is 15.9. The summed E-state index contributed by atoms with van der Waals surface area (Å²) in [5, 5.41) is 3.07. The zero-order chi connectivity index (χ0) is 61.4. The fraction of sp³-hybridized carbons (Fsp3) is 0.811. The fourth-order valence-electron chi connectivity index (χ4n) is 10.3. The summed E-state index contributed by atoms with van der Waals surface area (Å²) in [4.78, 5) is 37.9. The van der Waals surface area contributed by atoms with Gasteiger partial charge in [0.2, 0.25) is 5.91 Å². The molecule has 490 valence electrons. The second-order valence-corrected chi connectivity index (χ2v) is 26.9. The highest BCUT2D eigenvalue weighted by Gasteiger charge is 2.30. The van der Waals surface area contributed by atoms with Crippen LogP contribution in [0, 0.1) is 0 Å². The topological polar surface area (TPSA) is 111 Å². The maximum absolute atomic E-state index is 13.6. The SMILES string of the molecule is CCCCC/C=C\C/C=C\C/C=C\C/C=C\CCCCCCCCCCCC(=O)NC(COP(=O)(O)OCC[N+](C)(C)C)C(/C=C\CCCCCCCCCCCC)OC(=O)CCCCCCCCCCCCC/C=C/CCCCCCCC. The van der Waals surface area contributed by atoms with Gasteiger partial charge in [0.25, 0.3) is 0 Å². The van der Waals surface area contributed by atoms with Gasteiger partial charge in [-0.15, -0.1) is 0 Å². The summed E-state index contributed by atoms with van der Waals surface area (Å²) in [6, 6.07) is -0.855. The molecule has 3 unspecified atom stereocenters. The van der Waals surface area contributed by atoms with Crippen LogP contribution >= 0.6 is 7.82 Å². The summed E-state index contributed by atoms with van der Waals surface area (Å²) in [5.41, 5.74) is 0. The number of hydrogen-bond donors (Lipinski definition) is 2. The molecule has 0 aromatic heterocycles. The third kappa shape index (κ3) is 63.9. The van der Waals surface area contributed by atoms with Gasteiger partial charge in [-0.05, 0) is 102 Å². The number of unbranched alkanes of at least 4 members (excludes halogenated alkanes) is 39. The number of phosphoric acid groups is 1. The van der Waals surface area contributed by atoms with Crippen molar-refractivity contribution in [3.05, 3.63) is 72.9 Å². The second-order valence-electron chi connectivity index (χ2n) is 25.4. The van der Waals surface area contributed by atoms with Gasteiger partial charge in [0, 0.05) is 12.8 Å². The van der Waals surface area contributed by atoms with Crippen molar-refractivity contribution in [2.24, 2.45) is 0 Å². The van der Waals surface area contributed by atoms with Gasteiger partial charge in [-0.1, -0.05) is 293 Å². The van der Waals surface area contributed by atoms with Gasteiger partial charge in [-0.3, -0.25) is 18.6 Å². The molecular weight excluding hydrogens is 1060 g/mol. The van der Waals surface area contributed by atoms with Gasteiger partial charge in [-0.25, -0.2) is 4.57 Å². The van der Waals surface area contributed by atoms with Crippen LogP contribution in [0.3, 0.4) is 0 Å². The number of phosphoric ester groups is 1. The Morgan fingerprint density at radius 2 is 0.726 bits per heavy atom. The third-order valence-corrected chi connectivity index (χ3v) is 16.9. The van der Waals surface area contributed by atoms with Gasteiger partial charge < -0.3 is 19.4 Å². The second kappa shape index (κ2) is 63.5. The highest BCUT2D eigenvalue weighted by atomic mass is 31.2. The van der Waals surface area contributed by atoms with Crippen molar-refractivity contribution >= 4 is 19.7 Å². The van der Waals surface area contributed by atoms with Crippen LogP contribution in [0.15, 0.2) is 72.9 Å². The fourth-order valence-corrected chi connectivity index (χ4v) is 11.1. The van der Waals surface area contributed by atoms with Crippen LogP contribution in [0.25, 0.3) is 0 Å². The number of nitrogens with zero attached hydrogens (tertiary/aromatic N) is 1.